The van der Waals surface area contributed by atoms with E-state index >= 15 is 0 Å². The summed E-state index contributed by atoms with van der Waals surface area (Å²) in [5, 5.41) is 5.32. The molecule has 0 atom stereocenters. The van der Waals surface area contributed by atoms with Crippen LogP contribution in [-0.2, 0) is 0 Å². The highest BCUT2D eigenvalue weighted by atomic mass is 32.1. The quantitative estimate of drug-likeness (QED) is 0.279. The van der Waals surface area contributed by atoms with Gasteiger partial charge in [-0.3, -0.25) is 0 Å². The summed E-state index contributed by atoms with van der Waals surface area (Å²) in [6.07, 6.45) is 0. The maximum absolute atomic E-state index is 2.33. The summed E-state index contributed by atoms with van der Waals surface area (Å²) in [6.45, 7) is 2.13. The van der Waals surface area contributed by atoms with Gasteiger partial charge in [0, 0.05) is 37.2 Å². The first-order chi connectivity index (χ1) is 15.3. The van der Waals surface area contributed by atoms with Gasteiger partial charge in [-0.25, -0.2) is 0 Å². The zero-order chi connectivity index (χ0) is 20.8. The lowest BCUT2D eigenvalue weighted by molar-refractivity contribution is 1.28. The maximum atomic E-state index is 2.33. The minimum absolute atomic E-state index is 1.16. The molecule has 0 aliphatic carbocycles. The molecular formula is C29H21NS. The van der Waals surface area contributed by atoms with E-state index in [0.717, 1.165) is 5.69 Å². The van der Waals surface area contributed by atoms with Gasteiger partial charge in [-0.15, -0.1) is 11.3 Å². The van der Waals surface area contributed by atoms with E-state index in [9.17, 15) is 0 Å². The van der Waals surface area contributed by atoms with Crippen LogP contribution in [0, 0.1) is 6.92 Å². The third kappa shape index (κ3) is 3.08. The molecule has 0 saturated heterocycles. The Bertz CT molecular complexity index is 1530. The summed E-state index contributed by atoms with van der Waals surface area (Å²) in [6, 6.07) is 39.4. The van der Waals surface area contributed by atoms with Gasteiger partial charge in [-0.2, -0.15) is 0 Å². The van der Waals surface area contributed by atoms with Crippen LogP contribution in [0.2, 0.25) is 0 Å². The van der Waals surface area contributed by atoms with Crippen molar-refractivity contribution in [2.24, 2.45) is 0 Å². The van der Waals surface area contributed by atoms with E-state index in [1.165, 1.54) is 47.9 Å². The van der Waals surface area contributed by atoms with E-state index < -0.39 is 0 Å². The normalized spacial score (nSPS) is 11.4. The predicted octanol–water partition coefficient (Wildman–Crippen LogP) is 8.99. The van der Waals surface area contributed by atoms with Gasteiger partial charge >= 0.3 is 0 Å². The molecule has 0 unspecified atom stereocenters. The summed E-state index contributed by atoms with van der Waals surface area (Å²) in [5.74, 6) is 0. The Labute approximate surface area is 185 Å². The Hall–Kier alpha value is -3.62. The van der Waals surface area contributed by atoms with E-state index in [0.29, 0.717) is 0 Å². The van der Waals surface area contributed by atoms with Crippen molar-refractivity contribution in [3.05, 3.63) is 115 Å². The summed E-state index contributed by atoms with van der Waals surface area (Å²) < 4.78 is 2.66. The number of thiophene rings is 1. The minimum atomic E-state index is 1.16. The molecule has 1 nitrogen and oxygen atoms in total. The van der Waals surface area contributed by atoms with Crippen molar-refractivity contribution < 1.29 is 0 Å². The summed E-state index contributed by atoms with van der Waals surface area (Å²) in [7, 11) is 0. The summed E-state index contributed by atoms with van der Waals surface area (Å²) in [5.41, 5.74) is 4.78. The molecule has 5 aromatic carbocycles. The molecule has 0 aliphatic heterocycles. The van der Waals surface area contributed by atoms with Gasteiger partial charge in [0.2, 0.25) is 0 Å². The van der Waals surface area contributed by atoms with Crippen molar-refractivity contribution in [2.75, 3.05) is 4.90 Å². The van der Waals surface area contributed by atoms with Crippen molar-refractivity contribution in [3.8, 4) is 0 Å². The van der Waals surface area contributed by atoms with Gasteiger partial charge in [0.25, 0.3) is 0 Å². The standard InChI is InChI=1S/C29H21NS/c1-20-11-14-23(15-12-20)30(22-8-3-2-4-9-22)24-16-17-26-28(19-24)31-27-18-13-21-7-5-6-10-25(21)29(26)27/h2-19H,1H3. The molecular weight excluding hydrogens is 394 g/mol. The molecule has 0 N–H and O–H groups in total. The molecule has 148 valence electrons. The van der Waals surface area contributed by atoms with Gasteiger partial charge in [-0.05, 0) is 60.2 Å². The Kier molecular flexibility index (Phi) is 4.26. The average molecular weight is 416 g/mol. The number of benzene rings is 5. The van der Waals surface area contributed by atoms with Crippen molar-refractivity contribution in [1.29, 1.82) is 0 Å². The smallest absolute Gasteiger partial charge is 0.0476 e. The Morgan fingerprint density at radius 1 is 0.548 bits per heavy atom. The maximum Gasteiger partial charge on any atom is 0.0476 e. The second-order valence-corrected chi connectivity index (χ2v) is 9.03. The SMILES string of the molecule is Cc1ccc(N(c2ccccc2)c2ccc3c(c2)sc2ccc4ccccc4c23)cc1. The molecule has 1 heterocycles. The molecule has 6 aromatic rings. The highest BCUT2D eigenvalue weighted by Gasteiger charge is 2.15. The number of para-hydroxylation sites is 1. The van der Waals surface area contributed by atoms with Crippen LogP contribution >= 0.6 is 11.3 Å². The molecule has 1 aromatic heterocycles. The van der Waals surface area contributed by atoms with Crippen LogP contribution in [0.15, 0.2) is 109 Å². The number of rotatable bonds is 3. The monoisotopic (exact) mass is 415 g/mol. The molecule has 0 bridgehead atoms. The van der Waals surface area contributed by atoms with Crippen LogP contribution in [0.4, 0.5) is 17.1 Å². The van der Waals surface area contributed by atoms with E-state index in [1.807, 2.05) is 11.3 Å². The largest absolute Gasteiger partial charge is 0.310 e. The number of hydrogen-bond acceptors (Lipinski definition) is 2. The minimum Gasteiger partial charge on any atom is -0.310 e. The highest BCUT2D eigenvalue weighted by Crippen LogP contribution is 2.42. The molecule has 0 spiro atoms. The summed E-state index contributed by atoms with van der Waals surface area (Å²) >= 11 is 1.87. The van der Waals surface area contributed by atoms with Crippen LogP contribution in [0.5, 0.6) is 0 Å². The number of nitrogens with zero attached hydrogens (tertiary/aromatic N) is 1. The van der Waals surface area contributed by atoms with Crippen LogP contribution in [0.3, 0.4) is 0 Å². The van der Waals surface area contributed by atoms with E-state index in [-0.39, 0.29) is 0 Å². The molecule has 2 heteroatoms. The van der Waals surface area contributed by atoms with Crippen LogP contribution in [0.1, 0.15) is 5.56 Å². The number of hydrogen-bond donors (Lipinski definition) is 0. The van der Waals surface area contributed by atoms with Gasteiger partial charge in [-0.1, -0.05) is 72.3 Å². The number of fused-ring (bicyclic) bond motifs is 5. The van der Waals surface area contributed by atoms with Crippen molar-refractivity contribution in [1.82, 2.24) is 0 Å². The topological polar surface area (TPSA) is 3.24 Å². The fourth-order valence-corrected chi connectivity index (χ4v) is 5.55. The Morgan fingerprint density at radius 3 is 2.10 bits per heavy atom. The predicted molar refractivity (Wildman–Crippen MR) is 136 cm³/mol. The molecule has 0 radical (unpaired) electrons. The van der Waals surface area contributed by atoms with Crippen LogP contribution in [-0.4, -0.2) is 0 Å². The lowest BCUT2D eigenvalue weighted by atomic mass is 10.0. The van der Waals surface area contributed by atoms with Gasteiger partial charge < -0.3 is 4.90 Å². The number of anilines is 3. The zero-order valence-corrected chi connectivity index (χ0v) is 18.1. The lowest BCUT2D eigenvalue weighted by Gasteiger charge is -2.25. The molecule has 6 rings (SSSR count). The molecule has 0 saturated carbocycles. The van der Waals surface area contributed by atoms with E-state index in [2.05, 4.69) is 121 Å². The second kappa shape index (κ2) is 7.26. The van der Waals surface area contributed by atoms with Gasteiger partial charge in [0.15, 0.2) is 0 Å². The molecule has 31 heavy (non-hydrogen) atoms. The lowest BCUT2D eigenvalue weighted by Crippen LogP contribution is -2.09. The third-order valence-electron chi connectivity index (χ3n) is 5.91. The Morgan fingerprint density at radius 2 is 1.26 bits per heavy atom. The second-order valence-electron chi connectivity index (χ2n) is 7.95. The Balaban J connectivity index is 1.58. The first-order valence-electron chi connectivity index (χ1n) is 10.5. The van der Waals surface area contributed by atoms with Crippen molar-refractivity contribution >= 4 is 59.3 Å². The van der Waals surface area contributed by atoms with Crippen LogP contribution in [0.25, 0.3) is 30.9 Å². The first-order valence-corrected chi connectivity index (χ1v) is 11.4. The zero-order valence-electron chi connectivity index (χ0n) is 17.2. The third-order valence-corrected chi connectivity index (χ3v) is 7.03. The van der Waals surface area contributed by atoms with Crippen molar-refractivity contribution in [3.63, 3.8) is 0 Å². The van der Waals surface area contributed by atoms with Gasteiger partial charge in [0.05, 0.1) is 0 Å². The highest BCUT2D eigenvalue weighted by molar-refractivity contribution is 7.26. The number of aryl methyl sites for hydroxylation is 1. The molecule has 0 aliphatic rings. The summed E-state index contributed by atoms with van der Waals surface area (Å²) in [4.78, 5) is 2.33. The van der Waals surface area contributed by atoms with Crippen LogP contribution < -0.4 is 4.90 Å². The van der Waals surface area contributed by atoms with E-state index in [4.69, 9.17) is 0 Å². The molecule has 0 fully saturated rings. The van der Waals surface area contributed by atoms with E-state index in [1.54, 1.807) is 0 Å². The fourth-order valence-electron chi connectivity index (χ4n) is 4.39. The first kappa shape index (κ1) is 18.2. The fraction of sp³-hybridized carbons (Fsp3) is 0.0345. The van der Waals surface area contributed by atoms with Gasteiger partial charge in [0.1, 0.15) is 0 Å². The van der Waals surface area contributed by atoms with Crippen molar-refractivity contribution in [2.45, 2.75) is 6.92 Å². The molecule has 0 amide bonds. The average Bonchev–Trinajstić information content (AvgIpc) is 3.20.